The molecule has 3 heterocycles. The molecular formula is C24H30N4O3S. The number of aryl methyl sites for hydroxylation is 1. The van der Waals surface area contributed by atoms with Gasteiger partial charge in [-0.15, -0.1) is 11.3 Å². The van der Waals surface area contributed by atoms with Crippen LogP contribution < -0.4 is 10.5 Å². The lowest BCUT2D eigenvalue weighted by Gasteiger charge is -2.38. The highest BCUT2D eigenvalue weighted by molar-refractivity contribution is 7.19. The van der Waals surface area contributed by atoms with Crippen molar-refractivity contribution in [2.45, 2.75) is 63.0 Å². The highest BCUT2D eigenvalue weighted by Gasteiger charge is 2.34. The van der Waals surface area contributed by atoms with Crippen molar-refractivity contribution in [2.24, 2.45) is 11.7 Å². The number of carbonyl (C=O) groups is 1. The first-order valence-electron chi connectivity index (χ1n) is 11.7. The van der Waals surface area contributed by atoms with Gasteiger partial charge in [0.15, 0.2) is 0 Å². The largest absolute Gasteiger partial charge is 0.490 e. The Morgan fingerprint density at radius 2 is 2.09 bits per heavy atom. The summed E-state index contributed by atoms with van der Waals surface area (Å²) in [4.78, 5) is 21.1. The van der Waals surface area contributed by atoms with Gasteiger partial charge >= 0.3 is 0 Å². The Morgan fingerprint density at radius 1 is 1.31 bits per heavy atom. The molecule has 5 rings (SSSR count). The SMILES string of the molecule is N#C[C@@H](C[C@H]1CCc2sc3nccc(O[C@H]4CC[C@H](N5CCOCC5)CC4)c3c21)C(N)=O. The van der Waals surface area contributed by atoms with Crippen molar-refractivity contribution in [3.63, 3.8) is 0 Å². The summed E-state index contributed by atoms with van der Waals surface area (Å²) in [6.07, 6.45) is 8.86. The summed E-state index contributed by atoms with van der Waals surface area (Å²) < 4.78 is 12.1. The Hall–Kier alpha value is -2.21. The monoisotopic (exact) mass is 454 g/mol. The Kier molecular flexibility index (Phi) is 6.31. The second-order valence-electron chi connectivity index (χ2n) is 9.18. The van der Waals surface area contributed by atoms with Crippen LogP contribution in [0.15, 0.2) is 12.3 Å². The summed E-state index contributed by atoms with van der Waals surface area (Å²) in [5.41, 5.74) is 6.68. The number of aromatic nitrogens is 1. The lowest BCUT2D eigenvalue weighted by Crippen LogP contribution is -2.46. The van der Waals surface area contributed by atoms with Gasteiger partial charge in [0.05, 0.1) is 30.8 Å². The Labute approximate surface area is 192 Å². The maximum Gasteiger partial charge on any atom is 0.234 e. The smallest absolute Gasteiger partial charge is 0.234 e. The molecule has 2 aromatic rings. The molecule has 2 aliphatic carbocycles. The molecule has 1 aliphatic heterocycles. The van der Waals surface area contributed by atoms with Gasteiger partial charge in [-0.2, -0.15) is 5.26 Å². The number of primary amides is 1. The predicted octanol–water partition coefficient (Wildman–Crippen LogP) is 3.36. The van der Waals surface area contributed by atoms with Gasteiger partial charge in [0.1, 0.15) is 16.5 Å². The third kappa shape index (κ3) is 4.21. The van der Waals surface area contributed by atoms with Crippen LogP contribution in [0.5, 0.6) is 5.75 Å². The first kappa shape index (κ1) is 21.6. The standard InChI is InChI=1S/C24H30N4O3S/c25-14-16(23(26)29)13-15-1-6-20-21(15)22-19(7-8-27-24(22)32-20)31-18-4-2-17(3-5-18)28-9-11-30-12-10-28/h7-8,15-18H,1-6,9-13H2,(H2,26,29)/t15-,16-,17-,18-/m1/s1. The van der Waals surface area contributed by atoms with Crippen LogP contribution in [-0.4, -0.2) is 54.2 Å². The number of morpholine rings is 1. The van der Waals surface area contributed by atoms with Crippen molar-refractivity contribution in [2.75, 3.05) is 26.3 Å². The molecular weight excluding hydrogens is 424 g/mol. The van der Waals surface area contributed by atoms with Gasteiger partial charge in [-0.25, -0.2) is 4.98 Å². The number of rotatable bonds is 6. The average Bonchev–Trinajstić information content (AvgIpc) is 3.38. The first-order valence-corrected chi connectivity index (χ1v) is 12.5. The van der Waals surface area contributed by atoms with Crippen LogP contribution in [-0.2, 0) is 16.0 Å². The second kappa shape index (κ2) is 9.34. The molecule has 0 radical (unpaired) electrons. The minimum absolute atomic E-state index is 0.152. The summed E-state index contributed by atoms with van der Waals surface area (Å²) >= 11 is 1.72. The minimum atomic E-state index is -0.752. The molecule has 0 unspecified atom stereocenters. The number of fused-ring (bicyclic) bond motifs is 3. The van der Waals surface area contributed by atoms with Crippen LogP contribution >= 0.6 is 11.3 Å². The average molecular weight is 455 g/mol. The fourth-order valence-electron chi connectivity index (χ4n) is 5.63. The van der Waals surface area contributed by atoms with E-state index in [4.69, 9.17) is 15.2 Å². The van der Waals surface area contributed by atoms with E-state index >= 15 is 0 Å². The summed E-state index contributed by atoms with van der Waals surface area (Å²) in [7, 11) is 0. The van der Waals surface area contributed by atoms with Crippen molar-refractivity contribution >= 4 is 27.5 Å². The molecule has 1 saturated heterocycles. The molecule has 3 aliphatic rings. The van der Waals surface area contributed by atoms with E-state index in [9.17, 15) is 10.1 Å². The minimum Gasteiger partial charge on any atom is -0.490 e. The molecule has 7 nitrogen and oxygen atoms in total. The molecule has 0 bridgehead atoms. The number of hydrogen-bond donors (Lipinski definition) is 1. The third-order valence-electron chi connectivity index (χ3n) is 7.31. The van der Waals surface area contributed by atoms with Crippen LogP contribution in [0, 0.1) is 17.2 Å². The number of thiophene rings is 1. The number of nitrogens with two attached hydrogens (primary N) is 1. The van der Waals surface area contributed by atoms with Gasteiger partial charge < -0.3 is 15.2 Å². The first-order chi connectivity index (χ1) is 15.6. The van der Waals surface area contributed by atoms with E-state index in [0.717, 1.165) is 80.8 Å². The van der Waals surface area contributed by atoms with Gasteiger partial charge in [0, 0.05) is 30.2 Å². The van der Waals surface area contributed by atoms with Crippen LogP contribution in [0.4, 0.5) is 0 Å². The zero-order valence-electron chi connectivity index (χ0n) is 18.3. The van der Waals surface area contributed by atoms with Gasteiger partial charge in [-0.05, 0) is 62.5 Å². The van der Waals surface area contributed by atoms with Crippen LogP contribution in [0.1, 0.15) is 54.9 Å². The fourth-order valence-corrected chi connectivity index (χ4v) is 6.89. The molecule has 2 fully saturated rings. The molecule has 2 N–H and O–H groups in total. The van der Waals surface area contributed by atoms with E-state index in [2.05, 4.69) is 16.0 Å². The summed E-state index contributed by atoms with van der Waals surface area (Å²) in [5.74, 6) is -0.231. The number of nitriles is 1. The van der Waals surface area contributed by atoms with E-state index in [1.165, 1.54) is 10.4 Å². The normalized spacial score (nSPS) is 27.0. The lowest BCUT2D eigenvalue weighted by molar-refractivity contribution is -0.120. The Morgan fingerprint density at radius 3 is 2.81 bits per heavy atom. The number of amides is 1. The number of ether oxygens (including phenoxy) is 2. The predicted molar refractivity (Wildman–Crippen MR) is 123 cm³/mol. The Balaban J connectivity index is 1.32. The molecule has 2 aromatic heterocycles. The van der Waals surface area contributed by atoms with Crippen molar-refractivity contribution < 1.29 is 14.3 Å². The van der Waals surface area contributed by atoms with Gasteiger partial charge in [0.25, 0.3) is 0 Å². The molecule has 170 valence electrons. The van der Waals surface area contributed by atoms with E-state index in [-0.39, 0.29) is 12.0 Å². The van der Waals surface area contributed by atoms with Crippen molar-refractivity contribution in [3.05, 3.63) is 22.7 Å². The van der Waals surface area contributed by atoms with Crippen LogP contribution in [0.25, 0.3) is 10.2 Å². The number of carbonyl (C=O) groups excluding carboxylic acids is 1. The Bertz CT molecular complexity index is 1020. The zero-order chi connectivity index (χ0) is 22.1. The maximum atomic E-state index is 11.7. The van der Waals surface area contributed by atoms with E-state index in [0.29, 0.717) is 12.5 Å². The molecule has 8 heteroatoms. The van der Waals surface area contributed by atoms with E-state index in [1.54, 1.807) is 11.3 Å². The van der Waals surface area contributed by atoms with Crippen LogP contribution in [0.3, 0.4) is 0 Å². The number of hydrogen-bond acceptors (Lipinski definition) is 7. The molecule has 0 aromatic carbocycles. The van der Waals surface area contributed by atoms with Gasteiger partial charge in [-0.3, -0.25) is 9.69 Å². The molecule has 1 amide bonds. The zero-order valence-corrected chi connectivity index (χ0v) is 19.1. The topological polar surface area (TPSA) is 101 Å². The molecule has 1 saturated carbocycles. The van der Waals surface area contributed by atoms with Gasteiger partial charge in [0.2, 0.25) is 5.91 Å². The highest BCUT2D eigenvalue weighted by Crippen LogP contribution is 2.48. The lowest BCUT2D eigenvalue weighted by atomic mass is 9.89. The summed E-state index contributed by atoms with van der Waals surface area (Å²) in [6.45, 7) is 3.77. The van der Waals surface area contributed by atoms with Crippen LogP contribution in [0.2, 0.25) is 0 Å². The second-order valence-corrected chi connectivity index (χ2v) is 10.3. The van der Waals surface area contributed by atoms with Gasteiger partial charge in [-0.1, -0.05) is 0 Å². The van der Waals surface area contributed by atoms with E-state index in [1.807, 2.05) is 12.3 Å². The quantitative estimate of drug-likeness (QED) is 0.718. The molecule has 2 atom stereocenters. The maximum absolute atomic E-state index is 11.7. The molecule has 32 heavy (non-hydrogen) atoms. The number of nitrogens with zero attached hydrogens (tertiary/aromatic N) is 3. The van der Waals surface area contributed by atoms with E-state index < -0.39 is 11.8 Å². The highest BCUT2D eigenvalue weighted by atomic mass is 32.1. The summed E-state index contributed by atoms with van der Waals surface area (Å²) in [5, 5.41) is 10.4. The van der Waals surface area contributed by atoms with Crippen molar-refractivity contribution in [3.8, 4) is 11.8 Å². The fraction of sp³-hybridized carbons (Fsp3) is 0.625. The summed E-state index contributed by atoms with van der Waals surface area (Å²) in [6, 6.07) is 4.70. The third-order valence-corrected chi connectivity index (χ3v) is 8.49. The van der Waals surface area contributed by atoms with Crippen molar-refractivity contribution in [1.82, 2.24) is 9.88 Å². The number of pyridine rings is 1. The van der Waals surface area contributed by atoms with Crippen molar-refractivity contribution in [1.29, 1.82) is 5.26 Å². The molecule has 0 spiro atoms.